The van der Waals surface area contributed by atoms with Crippen LogP contribution in [-0.4, -0.2) is 65.7 Å². The molecule has 0 aliphatic carbocycles. The van der Waals surface area contributed by atoms with Gasteiger partial charge in [-0.25, -0.2) is 12.7 Å². The van der Waals surface area contributed by atoms with Crippen LogP contribution < -0.4 is 0 Å². The molecule has 0 N–H and O–H groups in total. The molecule has 1 aromatic carbocycles. The summed E-state index contributed by atoms with van der Waals surface area (Å²) in [5, 5.41) is 6.30. The summed E-state index contributed by atoms with van der Waals surface area (Å²) in [5.74, 6) is -0.0519. The van der Waals surface area contributed by atoms with Gasteiger partial charge in [-0.2, -0.15) is 5.10 Å². The van der Waals surface area contributed by atoms with Crippen molar-refractivity contribution < 1.29 is 13.2 Å². The highest BCUT2D eigenvalue weighted by Gasteiger charge is 2.26. The van der Waals surface area contributed by atoms with Crippen molar-refractivity contribution in [2.24, 2.45) is 0 Å². The van der Waals surface area contributed by atoms with Crippen LogP contribution >= 0.6 is 22.9 Å². The Morgan fingerprint density at radius 3 is 2.60 bits per heavy atom. The van der Waals surface area contributed by atoms with Gasteiger partial charge in [0.2, 0.25) is 10.0 Å². The van der Waals surface area contributed by atoms with Gasteiger partial charge in [0.05, 0.1) is 23.4 Å². The molecule has 3 aromatic rings. The van der Waals surface area contributed by atoms with Gasteiger partial charge in [-0.05, 0) is 37.1 Å². The fraction of sp³-hybridized carbons (Fsp3) is 0.400. The lowest BCUT2D eigenvalue weighted by atomic mass is 10.2. The maximum Gasteiger partial charge on any atom is 0.264 e. The van der Waals surface area contributed by atoms with E-state index >= 15 is 0 Å². The van der Waals surface area contributed by atoms with E-state index in [-0.39, 0.29) is 5.91 Å². The maximum absolute atomic E-state index is 13.1. The normalized spacial score (nSPS) is 16.2. The van der Waals surface area contributed by atoms with Crippen molar-refractivity contribution >= 4 is 49.1 Å². The number of thiophene rings is 1. The second-order valence-electron chi connectivity index (χ2n) is 7.51. The molecule has 1 fully saturated rings. The maximum atomic E-state index is 13.1. The summed E-state index contributed by atoms with van der Waals surface area (Å²) in [6.45, 7) is 4.27. The molecule has 1 amide bonds. The number of halogens is 1. The van der Waals surface area contributed by atoms with Gasteiger partial charge in [-0.15, -0.1) is 11.3 Å². The van der Waals surface area contributed by atoms with Crippen LogP contribution in [-0.2, 0) is 16.6 Å². The first-order valence-corrected chi connectivity index (χ1v) is 12.7. The largest absolute Gasteiger partial charge is 0.337 e. The van der Waals surface area contributed by atoms with Crippen LogP contribution in [0.5, 0.6) is 0 Å². The van der Waals surface area contributed by atoms with Crippen molar-refractivity contribution in [1.29, 1.82) is 0 Å². The molecule has 0 atom stereocenters. The van der Waals surface area contributed by atoms with E-state index in [1.165, 1.54) is 21.9 Å². The predicted molar refractivity (Wildman–Crippen MR) is 120 cm³/mol. The van der Waals surface area contributed by atoms with Crippen LogP contribution in [0.3, 0.4) is 0 Å². The Morgan fingerprint density at radius 1 is 1.17 bits per heavy atom. The topological polar surface area (TPSA) is 75.5 Å². The number of sulfonamides is 1. The van der Waals surface area contributed by atoms with Crippen LogP contribution in [0.1, 0.15) is 27.3 Å². The number of aromatic nitrogens is 2. The molecular formula is C20H23ClN4O3S2. The highest BCUT2D eigenvalue weighted by Crippen LogP contribution is 2.30. The number of amides is 1. The van der Waals surface area contributed by atoms with Crippen LogP contribution in [0.4, 0.5) is 0 Å². The summed E-state index contributed by atoms with van der Waals surface area (Å²) >= 11 is 7.41. The van der Waals surface area contributed by atoms with E-state index in [4.69, 9.17) is 11.6 Å². The third kappa shape index (κ3) is 4.39. The van der Waals surface area contributed by atoms with E-state index in [0.717, 1.165) is 21.5 Å². The number of carbonyl (C=O) groups is 1. The van der Waals surface area contributed by atoms with Crippen molar-refractivity contribution in [3.63, 3.8) is 0 Å². The second-order valence-corrected chi connectivity index (χ2v) is 11.0. The van der Waals surface area contributed by atoms with Crippen LogP contribution in [0.15, 0.2) is 30.3 Å². The molecule has 0 spiro atoms. The number of carbonyl (C=O) groups excluding carboxylic acids is 1. The number of benzene rings is 1. The zero-order chi connectivity index (χ0) is 21.5. The molecule has 1 saturated heterocycles. The fourth-order valence-corrected chi connectivity index (χ4v) is 5.80. The van der Waals surface area contributed by atoms with Crippen LogP contribution in [0, 0.1) is 6.92 Å². The van der Waals surface area contributed by atoms with Gasteiger partial charge < -0.3 is 4.90 Å². The van der Waals surface area contributed by atoms with Crippen molar-refractivity contribution in [1.82, 2.24) is 19.0 Å². The molecule has 160 valence electrons. The summed E-state index contributed by atoms with van der Waals surface area (Å²) in [6, 6.07) is 9.55. The minimum Gasteiger partial charge on any atom is -0.337 e. The molecule has 7 nitrogen and oxygen atoms in total. The molecule has 1 aliphatic heterocycles. The molecule has 0 bridgehead atoms. The molecule has 2 aromatic heterocycles. The van der Waals surface area contributed by atoms with Gasteiger partial charge in [-0.1, -0.05) is 23.7 Å². The lowest BCUT2D eigenvalue weighted by molar-refractivity contribution is 0.0769. The lowest BCUT2D eigenvalue weighted by Gasteiger charge is -2.20. The molecule has 3 heterocycles. The molecule has 1 aliphatic rings. The van der Waals surface area contributed by atoms with E-state index < -0.39 is 10.0 Å². The Bertz CT molecular complexity index is 1180. The SMILES string of the molecule is Cc1nn(Cc2ccc(Cl)cc2)c2sc(C(=O)N3CCCN(S(C)(=O)=O)CC3)cc12. The minimum absolute atomic E-state index is 0.0519. The second kappa shape index (κ2) is 8.30. The lowest BCUT2D eigenvalue weighted by Crippen LogP contribution is -2.36. The molecule has 0 radical (unpaired) electrons. The average molecular weight is 467 g/mol. The first kappa shape index (κ1) is 21.3. The average Bonchev–Trinajstić information content (AvgIpc) is 3.13. The number of hydrogen-bond acceptors (Lipinski definition) is 5. The van der Waals surface area contributed by atoms with Crippen LogP contribution in [0.2, 0.25) is 5.02 Å². The Kier molecular flexibility index (Phi) is 5.89. The summed E-state index contributed by atoms with van der Waals surface area (Å²) in [6.07, 6.45) is 1.85. The van der Waals surface area contributed by atoms with E-state index in [1.807, 2.05) is 41.9 Å². The highest BCUT2D eigenvalue weighted by molar-refractivity contribution is 7.88. The molecule has 0 saturated carbocycles. The predicted octanol–water partition coefficient (Wildman–Crippen LogP) is 3.22. The molecule has 0 unspecified atom stereocenters. The highest BCUT2D eigenvalue weighted by atomic mass is 35.5. The third-order valence-electron chi connectivity index (χ3n) is 5.27. The van der Waals surface area contributed by atoms with Gasteiger partial charge in [0.25, 0.3) is 5.91 Å². The van der Waals surface area contributed by atoms with E-state index in [2.05, 4.69) is 5.10 Å². The van der Waals surface area contributed by atoms with Crippen molar-refractivity contribution in [2.45, 2.75) is 19.9 Å². The Hall–Kier alpha value is -1.94. The monoisotopic (exact) mass is 466 g/mol. The number of rotatable bonds is 4. The van der Waals surface area contributed by atoms with Gasteiger partial charge in [0.15, 0.2) is 0 Å². The van der Waals surface area contributed by atoms with Crippen molar-refractivity contribution in [3.05, 3.63) is 51.5 Å². The van der Waals surface area contributed by atoms with E-state index in [9.17, 15) is 13.2 Å². The number of fused-ring (bicyclic) bond motifs is 1. The fourth-order valence-electron chi connectivity index (χ4n) is 3.67. The zero-order valence-electron chi connectivity index (χ0n) is 16.8. The molecule has 4 rings (SSSR count). The molecule has 10 heteroatoms. The summed E-state index contributed by atoms with van der Waals surface area (Å²) < 4.78 is 27.0. The Morgan fingerprint density at radius 2 is 1.90 bits per heavy atom. The first-order chi connectivity index (χ1) is 14.2. The first-order valence-electron chi connectivity index (χ1n) is 9.68. The smallest absolute Gasteiger partial charge is 0.264 e. The number of hydrogen-bond donors (Lipinski definition) is 0. The summed E-state index contributed by atoms with van der Waals surface area (Å²) in [7, 11) is -3.24. The number of aryl methyl sites for hydroxylation is 1. The Balaban J connectivity index is 1.56. The van der Waals surface area contributed by atoms with Gasteiger partial charge >= 0.3 is 0 Å². The quantitative estimate of drug-likeness (QED) is 0.591. The summed E-state index contributed by atoms with van der Waals surface area (Å²) in [5.41, 5.74) is 1.96. The Labute approximate surface area is 184 Å². The number of nitrogens with zero attached hydrogens (tertiary/aromatic N) is 4. The standard InChI is InChI=1S/C20H23ClN4O3S2/c1-14-17-12-18(19(26)23-8-3-9-24(11-10-23)30(2,27)28)29-20(17)25(22-14)13-15-4-6-16(21)7-5-15/h4-7,12H,3,8-11,13H2,1-2H3. The van der Waals surface area contributed by atoms with E-state index in [1.54, 1.807) is 4.90 Å². The van der Waals surface area contributed by atoms with Gasteiger partial charge in [0, 0.05) is 36.6 Å². The van der Waals surface area contributed by atoms with Crippen molar-refractivity contribution in [2.75, 3.05) is 32.4 Å². The summed E-state index contributed by atoms with van der Waals surface area (Å²) in [4.78, 5) is 16.5. The third-order valence-corrected chi connectivity index (χ3v) is 7.97. The van der Waals surface area contributed by atoms with E-state index in [0.29, 0.717) is 49.0 Å². The van der Waals surface area contributed by atoms with Gasteiger partial charge in [0.1, 0.15) is 4.83 Å². The van der Waals surface area contributed by atoms with Crippen LogP contribution in [0.25, 0.3) is 10.2 Å². The molecular weight excluding hydrogens is 444 g/mol. The van der Waals surface area contributed by atoms with Gasteiger partial charge in [-0.3, -0.25) is 9.48 Å². The van der Waals surface area contributed by atoms with Crippen molar-refractivity contribution in [3.8, 4) is 0 Å². The molecule has 30 heavy (non-hydrogen) atoms. The minimum atomic E-state index is -3.24. The zero-order valence-corrected chi connectivity index (χ0v) is 19.2.